The van der Waals surface area contributed by atoms with Crippen molar-refractivity contribution in [2.75, 3.05) is 27.9 Å². The molecule has 2 amide bonds. The number of carbonyl (C=O) groups is 2. The van der Waals surface area contributed by atoms with E-state index in [1.807, 2.05) is 0 Å². The molecule has 1 unspecified atom stereocenters. The molecule has 0 saturated carbocycles. The van der Waals surface area contributed by atoms with Gasteiger partial charge >= 0.3 is 12.0 Å². The van der Waals surface area contributed by atoms with Crippen LogP contribution in [0.5, 0.6) is 17.2 Å². The maximum Gasteiger partial charge on any atom is 0.338 e. The van der Waals surface area contributed by atoms with Gasteiger partial charge in [0.1, 0.15) is 5.75 Å². The minimum atomic E-state index is -0.748. The van der Waals surface area contributed by atoms with E-state index in [0.29, 0.717) is 34.1 Å². The Balaban J connectivity index is 2.62. The van der Waals surface area contributed by atoms with Gasteiger partial charge in [0.05, 0.1) is 39.6 Å². The molecule has 2 N–H and O–H groups in total. The van der Waals surface area contributed by atoms with E-state index in [2.05, 4.69) is 10.6 Å². The zero-order valence-electron chi connectivity index (χ0n) is 14.9. The van der Waals surface area contributed by atoms with Crippen LogP contribution in [0.4, 0.5) is 4.79 Å². The first-order valence-electron chi connectivity index (χ1n) is 7.72. The number of esters is 1. The van der Waals surface area contributed by atoms with Crippen LogP contribution in [0.25, 0.3) is 0 Å². The molecule has 1 aromatic rings. The van der Waals surface area contributed by atoms with Gasteiger partial charge in [0.2, 0.25) is 0 Å². The average Bonchev–Trinajstić information content (AvgIpc) is 2.59. The molecule has 1 aliphatic rings. The molecule has 1 atom stereocenters. The number of rotatable bonds is 6. The molecule has 1 aromatic carbocycles. The third-order valence-electron chi connectivity index (χ3n) is 3.81. The molecule has 8 heteroatoms. The largest absolute Gasteiger partial charge is 0.496 e. The van der Waals surface area contributed by atoms with Crippen molar-refractivity contribution in [3.8, 4) is 17.2 Å². The molecular formula is C17H22N2O6. The minimum absolute atomic E-state index is 0.222. The van der Waals surface area contributed by atoms with Crippen LogP contribution in [-0.2, 0) is 9.53 Å². The lowest BCUT2D eigenvalue weighted by molar-refractivity contribution is -0.139. The van der Waals surface area contributed by atoms with E-state index < -0.39 is 18.0 Å². The van der Waals surface area contributed by atoms with Gasteiger partial charge in [0, 0.05) is 17.3 Å². The Morgan fingerprint density at radius 2 is 1.68 bits per heavy atom. The second-order valence-electron chi connectivity index (χ2n) is 5.24. The summed E-state index contributed by atoms with van der Waals surface area (Å²) in [5, 5.41) is 5.32. The van der Waals surface area contributed by atoms with Gasteiger partial charge in [-0.15, -0.1) is 0 Å². The summed E-state index contributed by atoms with van der Waals surface area (Å²) in [6, 6.07) is 2.14. The SMILES string of the molecule is CCOC(=O)C1=C(C)NC(=O)NC1c1cc(OC)c(OC)cc1OC. The van der Waals surface area contributed by atoms with Gasteiger partial charge < -0.3 is 29.6 Å². The summed E-state index contributed by atoms with van der Waals surface area (Å²) in [6.45, 7) is 3.58. The second-order valence-corrected chi connectivity index (χ2v) is 5.24. The van der Waals surface area contributed by atoms with Crippen LogP contribution in [0.2, 0.25) is 0 Å². The van der Waals surface area contributed by atoms with Gasteiger partial charge in [0.25, 0.3) is 0 Å². The first-order chi connectivity index (χ1) is 12.0. The third-order valence-corrected chi connectivity index (χ3v) is 3.81. The highest BCUT2D eigenvalue weighted by atomic mass is 16.5. The normalized spacial score (nSPS) is 16.7. The first-order valence-corrected chi connectivity index (χ1v) is 7.72. The lowest BCUT2D eigenvalue weighted by Gasteiger charge is -2.29. The Morgan fingerprint density at radius 1 is 1.08 bits per heavy atom. The number of benzene rings is 1. The van der Waals surface area contributed by atoms with Gasteiger partial charge in [-0.25, -0.2) is 9.59 Å². The van der Waals surface area contributed by atoms with Crippen molar-refractivity contribution in [1.29, 1.82) is 0 Å². The van der Waals surface area contributed by atoms with Gasteiger partial charge in [-0.05, 0) is 19.9 Å². The van der Waals surface area contributed by atoms with E-state index in [4.69, 9.17) is 18.9 Å². The van der Waals surface area contributed by atoms with Crippen LogP contribution in [0.1, 0.15) is 25.5 Å². The van der Waals surface area contributed by atoms with Crippen LogP contribution in [0.15, 0.2) is 23.4 Å². The second kappa shape index (κ2) is 7.78. The lowest BCUT2D eigenvalue weighted by Crippen LogP contribution is -2.45. The number of methoxy groups -OCH3 is 3. The monoisotopic (exact) mass is 350 g/mol. The van der Waals surface area contributed by atoms with Gasteiger partial charge in [-0.3, -0.25) is 0 Å². The highest BCUT2D eigenvalue weighted by molar-refractivity contribution is 5.95. The summed E-state index contributed by atoms with van der Waals surface area (Å²) in [7, 11) is 4.51. The zero-order valence-corrected chi connectivity index (χ0v) is 14.9. The highest BCUT2D eigenvalue weighted by Crippen LogP contribution is 2.40. The number of amides is 2. The fourth-order valence-corrected chi connectivity index (χ4v) is 2.68. The standard InChI is InChI=1S/C17H22N2O6/c1-6-25-16(20)14-9(2)18-17(21)19-15(14)10-7-12(23-4)13(24-5)8-11(10)22-3/h7-8,15H,6H2,1-5H3,(H2,18,19,21). The Morgan fingerprint density at radius 3 is 2.24 bits per heavy atom. The molecule has 0 aromatic heterocycles. The maximum atomic E-state index is 12.4. The highest BCUT2D eigenvalue weighted by Gasteiger charge is 2.34. The smallest absolute Gasteiger partial charge is 0.338 e. The van der Waals surface area contributed by atoms with Crippen LogP contribution in [0.3, 0.4) is 0 Å². The minimum Gasteiger partial charge on any atom is -0.496 e. The van der Waals surface area contributed by atoms with Crippen molar-refractivity contribution in [2.24, 2.45) is 0 Å². The lowest BCUT2D eigenvalue weighted by atomic mass is 9.94. The van der Waals surface area contributed by atoms with Crippen molar-refractivity contribution in [3.05, 3.63) is 29.0 Å². The van der Waals surface area contributed by atoms with Crippen LogP contribution in [-0.4, -0.2) is 39.9 Å². The Bertz CT molecular complexity index is 713. The van der Waals surface area contributed by atoms with Crippen molar-refractivity contribution < 1.29 is 28.5 Å². The molecule has 0 radical (unpaired) electrons. The number of hydrogen-bond donors (Lipinski definition) is 2. The van der Waals surface area contributed by atoms with Crippen molar-refractivity contribution >= 4 is 12.0 Å². The summed E-state index contributed by atoms with van der Waals surface area (Å²) in [5.74, 6) is 0.850. The van der Waals surface area contributed by atoms with Crippen molar-refractivity contribution in [2.45, 2.75) is 19.9 Å². The summed E-state index contributed by atoms with van der Waals surface area (Å²) in [5.41, 5.74) is 1.27. The molecule has 2 rings (SSSR count). The van der Waals surface area contributed by atoms with Crippen molar-refractivity contribution in [3.63, 3.8) is 0 Å². The quantitative estimate of drug-likeness (QED) is 0.761. The summed E-state index contributed by atoms with van der Waals surface area (Å²) >= 11 is 0. The average molecular weight is 350 g/mol. The molecule has 1 aliphatic heterocycles. The Kier molecular flexibility index (Phi) is 5.74. The molecule has 1 heterocycles. The Hall–Kier alpha value is -2.90. The molecule has 25 heavy (non-hydrogen) atoms. The van der Waals surface area contributed by atoms with Crippen molar-refractivity contribution in [1.82, 2.24) is 10.6 Å². The van der Waals surface area contributed by atoms with E-state index in [0.717, 1.165) is 0 Å². The Labute approximate surface area is 146 Å². The fourth-order valence-electron chi connectivity index (χ4n) is 2.68. The molecule has 0 saturated heterocycles. The summed E-state index contributed by atoms with van der Waals surface area (Å²) < 4.78 is 21.1. The molecule has 8 nitrogen and oxygen atoms in total. The van der Waals surface area contributed by atoms with Crippen LogP contribution < -0.4 is 24.8 Å². The molecule has 0 fully saturated rings. The fraction of sp³-hybridized carbons (Fsp3) is 0.412. The van der Waals surface area contributed by atoms with E-state index in [9.17, 15) is 9.59 Å². The number of nitrogens with one attached hydrogen (secondary N) is 2. The molecule has 0 aliphatic carbocycles. The van der Waals surface area contributed by atoms with Crippen LogP contribution >= 0.6 is 0 Å². The van der Waals surface area contributed by atoms with E-state index in [-0.39, 0.29) is 6.61 Å². The number of hydrogen-bond acceptors (Lipinski definition) is 6. The number of urea groups is 1. The van der Waals surface area contributed by atoms with Gasteiger partial charge in [-0.2, -0.15) is 0 Å². The van der Waals surface area contributed by atoms with Crippen LogP contribution in [0, 0.1) is 0 Å². The third kappa shape index (κ3) is 3.62. The molecule has 136 valence electrons. The summed E-state index contributed by atoms with van der Waals surface area (Å²) in [6.07, 6.45) is 0. The molecule has 0 bridgehead atoms. The predicted molar refractivity (Wildman–Crippen MR) is 89.8 cm³/mol. The van der Waals surface area contributed by atoms with E-state index in [1.54, 1.807) is 26.0 Å². The molecular weight excluding hydrogens is 328 g/mol. The molecule has 0 spiro atoms. The maximum absolute atomic E-state index is 12.4. The van der Waals surface area contributed by atoms with E-state index in [1.165, 1.54) is 21.3 Å². The number of ether oxygens (including phenoxy) is 4. The first kappa shape index (κ1) is 18.4. The van der Waals surface area contributed by atoms with Gasteiger partial charge in [-0.1, -0.05) is 0 Å². The van der Waals surface area contributed by atoms with E-state index >= 15 is 0 Å². The topological polar surface area (TPSA) is 95.1 Å². The summed E-state index contributed by atoms with van der Waals surface area (Å²) in [4.78, 5) is 24.4. The predicted octanol–water partition coefficient (Wildman–Crippen LogP) is 1.90. The van der Waals surface area contributed by atoms with Gasteiger partial charge in [0.15, 0.2) is 11.5 Å². The zero-order chi connectivity index (χ0) is 18.6. The number of carbonyl (C=O) groups excluding carboxylic acids is 2. The number of allylic oxidation sites excluding steroid dienone is 1.